The predicted octanol–water partition coefficient (Wildman–Crippen LogP) is 2.64. The van der Waals surface area contributed by atoms with Crippen LogP contribution in [0.2, 0.25) is 0 Å². The number of aromatic amines is 2. The second-order valence-corrected chi connectivity index (χ2v) is 8.00. The highest BCUT2D eigenvalue weighted by Crippen LogP contribution is 2.17. The van der Waals surface area contributed by atoms with E-state index in [1.807, 2.05) is 45.3 Å². The van der Waals surface area contributed by atoms with Gasteiger partial charge in [-0.05, 0) is 32.9 Å². The number of hydrogen-bond donors (Lipinski definition) is 6. The summed E-state index contributed by atoms with van der Waals surface area (Å²) in [7, 11) is 0. The number of halogens is 1. The van der Waals surface area contributed by atoms with E-state index in [1.54, 1.807) is 0 Å². The van der Waals surface area contributed by atoms with Crippen molar-refractivity contribution in [2.45, 2.75) is 26.4 Å². The maximum absolute atomic E-state index is 11.4. The third-order valence-electron chi connectivity index (χ3n) is 4.23. The fraction of sp³-hybridized carbons (Fsp3) is 0.381. The predicted molar refractivity (Wildman–Crippen MR) is 135 cm³/mol. The van der Waals surface area contributed by atoms with E-state index in [0.29, 0.717) is 19.6 Å². The van der Waals surface area contributed by atoms with E-state index < -0.39 is 11.7 Å². The molecule has 12 nitrogen and oxygen atoms in total. The van der Waals surface area contributed by atoms with Gasteiger partial charge in [-0.15, -0.1) is 12.4 Å². The van der Waals surface area contributed by atoms with Gasteiger partial charge in [-0.2, -0.15) is 0 Å². The second-order valence-electron chi connectivity index (χ2n) is 8.00. The van der Waals surface area contributed by atoms with Crippen molar-refractivity contribution in [3.05, 3.63) is 37.2 Å². The number of nitrogens with zero attached hydrogens (tertiary/aromatic N) is 4. The number of anilines is 2. The van der Waals surface area contributed by atoms with Crippen molar-refractivity contribution in [2.75, 3.05) is 36.8 Å². The van der Waals surface area contributed by atoms with Gasteiger partial charge in [0.1, 0.15) is 41.2 Å². The van der Waals surface area contributed by atoms with Crippen LogP contribution < -0.4 is 21.7 Å². The van der Waals surface area contributed by atoms with Crippen LogP contribution in [-0.4, -0.2) is 67.8 Å². The number of nitrogens with one attached hydrogen (secondary N) is 5. The summed E-state index contributed by atoms with van der Waals surface area (Å²) in [6.45, 7) is 7.80. The summed E-state index contributed by atoms with van der Waals surface area (Å²) in [5, 5.41) is 10.9. The molecule has 13 heteroatoms. The first kappa shape index (κ1) is 26.6. The Balaban J connectivity index is 0.000000253. The Bertz CT molecular complexity index is 1170. The minimum absolute atomic E-state index is 0. The molecule has 0 spiro atoms. The van der Waals surface area contributed by atoms with E-state index in [9.17, 15) is 4.79 Å². The third-order valence-corrected chi connectivity index (χ3v) is 4.23. The van der Waals surface area contributed by atoms with Crippen LogP contribution in [0, 0.1) is 0 Å². The fourth-order valence-corrected chi connectivity index (χ4v) is 2.88. The van der Waals surface area contributed by atoms with Gasteiger partial charge in [0.25, 0.3) is 0 Å². The van der Waals surface area contributed by atoms with Crippen molar-refractivity contribution in [1.29, 1.82) is 0 Å². The van der Waals surface area contributed by atoms with Gasteiger partial charge in [-0.3, -0.25) is 0 Å². The number of rotatable bonds is 7. The largest absolute Gasteiger partial charge is 0.444 e. The zero-order valence-electron chi connectivity index (χ0n) is 19.4. The number of alkyl carbamates (subject to hydrolysis) is 1. The Hall–Kier alpha value is -3.64. The first-order valence-electron chi connectivity index (χ1n) is 10.6. The van der Waals surface area contributed by atoms with Gasteiger partial charge in [0.2, 0.25) is 0 Å². The molecule has 4 aromatic rings. The highest BCUT2D eigenvalue weighted by Gasteiger charge is 2.15. The van der Waals surface area contributed by atoms with E-state index in [2.05, 4.69) is 45.9 Å². The Kier molecular flexibility index (Phi) is 9.83. The van der Waals surface area contributed by atoms with Gasteiger partial charge in [0, 0.05) is 38.6 Å². The van der Waals surface area contributed by atoms with E-state index in [1.165, 1.54) is 12.7 Å². The molecule has 34 heavy (non-hydrogen) atoms. The quantitative estimate of drug-likeness (QED) is 0.213. The lowest BCUT2D eigenvalue weighted by atomic mass is 10.2. The molecule has 0 saturated carbocycles. The SMILES string of the molecule is CC(C)(C)OC(=O)NCCNc1ncnc2[nH]ccc12.Cl.NCCNc1ncnc2[nH]ccc12. The van der Waals surface area contributed by atoms with Gasteiger partial charge in [0.05, 0.1) is 10.8 Å². The minimum Gasteiger partial charge on any atom is -0.444 e. The standard InChI is InChI=1S/C13H19N5O2.C8H11N5.ClH/c1-13(2,3)20-12(19)16-7-6-15-11-9-4-5-14-10(9)17-8-18-11;9-2-4-11-8-6-1-3-10-7(6)12-5-13-8;/h4-5,8H,6-7H2,1-3H3,(H,16,19)(H2,14,15,17,18);1,3,5H,2,4,9H2,(H2,10,11,12,13);1H. The van der Waals surface area contributed by atoms with Crippen LogP contribution in [0.4, 0.5) is 16.4 Å². The molecular formula is C21H31ClN10O2. The normalized spacial score (nSPS) is 10.7. The lowest BCUT2D eigenvalue weighted by Crippen LogP contribution is -2.35. The number of ether oxygens (including phenoxy) is 1. The number of nitrogens with two attached hydrogens (primary N) is 1. The van der Waals surface area contributed by atoms with E-state index in [4.69, 9.17) is 10.5 Å². The molecule has 0 unspecified atom stereocenters. The average molecular weight is 491 g/mol. The Morgan fingerprint density at radius 3 is 1.94 bits per heavy atom. The summed E-state index contributed by atoms with van der Waals surface area (Å²) in [6.07, 6.45) is 6.24. The summed E-state index contributed by atoms with van der Waals surface area (Å²) in [5.74, 6) is 1.57. The van der Waals surface area contributed by atoms with Crippen LogP contribution in [0.15, 0.2) is 37.2 Å². The van der Waals surface area contributed by atoms with Crippen molar-refractivity contribution in [1.82, 2.24) is 35.2 Å². The molecular weight excluding hydrogens is 460 g/mol. The fourth-order valence-electron chi connectivity index (χ4n) is 2.88. The smallest absolute Gasteiger partial charge is 0.407 e. The summed E-state index contributed by atoms with van der Waals surface area (Å²) in [5.41, 5.74) is 6.52. The van der Waals surface area contributed by atoms with Crippen molar-refractivity contribution in [2.24, 2.45) is 5.73 Å². The number of hydrogen-bond acceptors (Lipinski definition) is 9. The van der Waals surface area contributed by atoms with Crippen LogP contribution in [0.1, 0.15) is 20.8 Å². The lowest BCUT2D eigenvalue weighted by Gasteiger charge is -2.19. The molecule has 7 N–H and O–H groups in total. The van der Waals surface area contributed by atoms with Gasteiger partial charge in [0.15, 0.2) is 0 Å². The van der Waals surface area contributed by atoms with Crippen molar-refractivity contribution >= 4 is 52.2 Å². The van der Waals surface area contributed by atoms with E-state index in [-0.39, 0.29) is 12.4 Å². The molecule has 0 aromatic carbocycles. The zero-order chi connectivity index (χ0) is 23.7. The Labute approximate surface area is 203 Å². The molecule has 0 atom stereocenters. The Morgan fingerprint density at radius 2 is 1.44 bits per heavy atom. The summed E-state index contributed by atoms with van der Waals surface area (Å²) in [4.78, 5) is 33.9. The van der Waals surface area contributed by atoms with Crippen molar-refractivity contribution < 1.29 is 9.53 Å². The van der Waals surface area contributed by atoms with Crippen LogP contribution in [0.3, 0.4) is 0 Å². The zero-order valence-corrected chi connectivity index (χ0v) is 20.2. The van der Waals surface area contributed by atoms with Crippen LogP contribution in [-0.2, 0) is 4.74 Å². The molecule has 4 rings (SSSR count). The summed E-state index contributed by atoms with van der Waals surface area (Å²) in [6, 6.07) is 3.84. The van der Waals surface area contributed by atoms with E-state index in [0.717, 1.165) is 40.2 Å². The number of carbonyl (C=O) groups is 1. The minimum atomic E-state index is -0.485. The number of amides is 1. The number of fused-ring (bicyclic) bond motifs is 2. The number of H-pyrrole nitrogens is 2. The van der Waals surface area contributed by atoms with Gasteiger partial charge in [-0.1, -0.05) is 0 Å². The summed E-state index contributed by atoms with van der Waals surface area (Å²) < 4.78 is 5.14. The molecule has 4 heterocycles. The van der Waals surface area contributed by atoms with Gasteiger partial charge < -0.3 is 36.4 Å². The van der Waals surface area contributed by atoms with Gasteiger partial charge >= 0.3 is 6.09 Å². The molecule has 0 aliphatic heterocycles. The molecule has 0 aliphatic carbocycles. The topological polar surface area (TPSA) is 172 Å². The van der Waals surface area contributed by atoms with Crippen LogP contribution in [0.25, 0.3) is 22.1 Å². The van der Waals surface area contributed by atoms with Crippen LogP contribution in [0.5, 0.6) is 0 Å². The molecule has 0 fully saturated rings. The molecule has 0 radical (unpaired) electrons. The van der Waals surface area contributed by atoms with Crippen LogP contribution >= 0.6 is 12.4 Å². The maximum atomic E-state index is 11.4. The average Bonchev–Trinajstić information content (AvgIpc) is 3.44. The van der Waals surface area contributed by atoms with E-state index >= 15 is 0 Å². The number of aromatic nitrogens is 6. The molecule has 0 bridgehead atoms. The molecule has 4 aromatic heterocycles. The third kappa shape index (κ3) is 7.74. The molecule has 0 saturated heterocycles. The van der Waals surface area contributed by atoms with Crippen molar-refractivity contribution in [3.63, 3.8) is 0 Å². The van der Waals surface area contributed by atoms with Gasteiger partial charge in [-0.25, -0.2) is 24.7 Å². The molecule has 1 amide bonds. The monoisotopic (exact) mass is 490 g/mol. The molecule has 0 aliphatic rings. The Morgan fingerprint density at radius 1 is 0.912 bits per heavy atom. The summed E-state index contributed by atoms with van der Waals surface area (Å²) >= 11 is 0. The first-order chi connectivity index (χ1) is 15.9. The second kappa shape index (κ2) is 12.6. The maximum Gasteiger partial charge on any atom is 0.407 e. The first-order valence-corrected chi connectivity index (χ1v) is 10.6. The van der Waals surface area contributed by atoms with Crippen molar-refractivity contribution in [3.8, 4) is 0 Å². The highest BCUT2D eigenvalue weighted by atomic mass is 35.5. The molecule has 184 valence electrons. The number of carbonyl (C=O) groups excluding carboxylic acids is 1. The lowest BCUT2D eigenvalue weighted by molar-refractivity contribution is 0.0530. The highest BCUT2D eigenvalue weighted by molar-refractivity contribution is 5.87.